The molecule has 110 valence electrons. The number of nitrogens with two attached hydrogens (primary N) is 1. The molecular formula is C14H14N2O4S. The first kappa shape index (κ1) is 15.0. The van der Waals surface area contributed by atoms with Gasteiger partial charge in [-0.2, -0.15) is 0 Å². The molecule has 0 aliphatic heterocycles. The van der Waals surface area contributed by atoms with Gasteiger partial charge in [0.1, 0.15) is 10.6 Å². The summed E-state index contributed by atoms with van der Waals surface area (Å²) in [7, 11) is -3.96. The summed E-state index contributed by atoms with van der Waals surface area (Å²) >= 11 is 0. The van der Waals surface area contributed by atoms with Crippen LogP contribution in [0.3, 0.4) is 0 Å². The van der Waals surface area contributed by atoms with E-state index in [2.05, 4.69) is 5.32 Å². The van der Waals surface area contributed by atoms with E-state index in [0.717, 1.165) is 5.56 Å². The zero-order valence-electron chi connectivity index (χ0n) is 11.2. The molecular weight excluding hydrogens is 292 g/mol. The van der Waals surface area contributed by atoms with Crippen LogP contribution in [0.4, 0.5) is 5.69 Å². The van der Waals surface area contributed by atoms with Crippen LogP contribution in [0.5, 0.6) is 5.75 Å². The molecule has 2 rings (SSSR count). The lowest BCUT2D eigenvalue weighted by molar-refractivity contribution is 0.102. The number of amides is 1. The molecule has 0 fully saturated rings. The predicted octanol–water partition coefficient (Wildman–Crippen LogP) is 1.60. The maximum absolute atomic E-state index is 12.2. The van der Waals surface area contributed by atoms with E-state index in [1.807, 2.05) is 0 Å². The molecule has 0 heterocycles. The molecule has 1 amide bonds. The Morgan fingerprint density at radius 3 is 2.52 bits per heavy atom. The number of para-hydroxylation sites is 1. The maximum atomic E-state index is 12.2. The van der Waals surface area contributed by atoms with Crippen molar-refractivity contribution in [2.45, 2.75) is 11.8 Å². The van der Waals surface area contributed by atoms with Crippen molar-refractivity contribution in [3.63, 3.8) is 0 Å². The fourth-order valence-corrected chi connectivity index (χ4v) is 2.53. The summed E-state index contributed by atoms with van der Waals surface area (Å²) in [6.07, 6.45) is 0. The fraction of sp³-hybridized carbons (Fsp3) is 0.0714. The van der Waals surface area contributed by atoms with Crippen LogP contribution in [0.25, 0.3) is 0 Å². The molecule has 4 N–H and O–H groups in total. The van der Waals surface area contributed by atoms with Crippen LogP contribution in [0.2, 0.25) is 0 Å². The molecule has 2 aromatic carbocycles. The van der Waals surface area contributed by atoms with Crippen molar-refractivity contribution in [3.8, 4) is 5.75 Å². The zero-order valence-corrected chi connectivity index (χ0v) is 12.0. The van der Waals surface area contributed by atoms with Crippen LogP contribution in [-0.4, -0.2) is 19.4 Å². The second-order valence-corrected chi connectivity index (χ2v) is 6.05. The van der Waals surface area contributed by atoms with Gasteiger partial charge >= 0.3 is 0 Å². The van der Waals surface area contributed by atoms with Crippen molar-refractivity contribution >= 4 is 21.6 Å². The summed E-state index contributed by atoms with van der Waals surface area (Å²) in [5.41, 5.74) is 0.905. The van der Waals surface area contributed by atoms with Crippen molar-refractivity contribution in [2.24, 2.45) is 5.14 Å². The number of benzene rings is 2. The summed E-state index contributed by atoms with van der Waals surface area (Å²) in [4.78, 5) is 12.0. The molecule has 7 heteroatoms. The highest BCUT2D eigenvalue weighted by Crippen LogP contribution is 2.23. The number of nitrogens with one attached hydrogen (secondary N) is 1. The lowest BCUT2D eigenvalue weighted by atomic mass is 10.1. The number of aryl methyl sites for hydroxylation is 1. The van der Waals surface area contributed by atoms with Crippen LogP contribution < -0.4 is 10.5 Å². The van der Waals surface area contributed by atoms with Gasteiger partial charge in [-0.3, -0.25) is 4.79 Å². The lowest BCUT2D eigenvalue weighted by Crippen LogP contribution is -2.18. The number of aromatic hydroxyl groups is 1. The Morgan fingerprint density at radius 1 is 1.19 bits per heavy atom. The zero-order chi connectivity index (χ0) is 15.6. The number of anilines is 1. The molecule has 21 heavy (non-hydrogen) atoms. The van der Waals surface area contributed by atoms with E-state index in [9.17, 15) is 18.3 Å². The van der Waals surface area contributed by atoms with Crippen LogP contribution in [0.1, 0.15) is 15.9 Å². The highest BCUT2D eigenvalue weighted by Gasteiger charge is 2.17. The topological polar surface area (TPSA) is 109 Å². The summed E-state index contributed by atoms with van der Waals surface area (Å²) in [5, 5.41) is 17.2. The number of hydrogen-bond donors (Lipinski definition) is 3. The molecule has 0 spiro atoms. The average molecular weight is 306 g/mol. The third-order valence-electron chi connectivity index (χ3n) is 2.84. The van der Waals surface area contributed by atoms with Gasteiger partial charge < -0.3 is 10.4 Å². The van der Waals surface area contributed by atoms with Gasteiger partial charge in [-0.1, -0.05) is 23.8 Å². The van der Waals surface area contributed by atoms with Crippen molar-refractivity contribution in [1.82, 2.24) is 0 Å². The van der Waals surface area contributed by atoms with Gasteiger partial charge in [0.2, 0.25) is 10.0 Å². The smallest absolute Gasteiger partial charge is 0.259 e. The normalized spacial score (nSPS) is 11.1. The molecule has 0 atom stereocenters. The highest BCUT2D eigenvalue weighted by atomic mass is 32.2. The average Bonchev–Trinajstić information content (AvgIpc) is 2.41. The first-order valence-electron chi connectivity index (χ1n) is 6.02. The van der Waals surface area contributed by atoms with Crippen molar-refractivity contribution in [2.75, 3.05) is 5.32 Å². The van der Waals surface area contributed by atoms with E-state index in [0.29, 0.717) is 0 Å². The number of sulfonamides is 1. The first-order chi connectivity index (χ1) is 9.79. The van der Waals surface area contributed by atoms with Crippen molar-refractivity contribution in [1.29, 1.82) is 0 Å². The molecule has 0 bridgehead atoms. The third-order valence-corrected chi connectivity index (χ3v) is 3.81. The van der Waals surface area contributed by atoms with E-state index in [4.69, 9.17) is 5.14 Å². The third kappa shape index (κ3) is 3.39. The number of primary sulfonamides is 1. The van der Waals surface area contributed by atoms with Gasteiger partial charge in [-0.05, 0) is 31.2 Å². The van der Waals surface area contributed by atoms with Crippen LogP contribution >= 0.6 is 0 Å². The standard InChI is InChI=1S/C14H14N2O4S/c1-9-6-7-12(17)10(8-9)14(18)16-11-4-2-3-5-13(11)21(15,19)20/h2-8,17H,1H3,(H,16,18)(H2,15,19,20). The minimum absolute atomic E-state index is 0.0548. The lowest BCUT2D eigenvalue weighted by Gasteiger charge is -2.10. The van der Waals surface area contributed by atoms with Crippen molar-refractivity contribution in [3.05, 3.63) is 53.6 Å². The van der Waals surface area contributed by atoms with E-state index in [1.54, 1.807) is 19.1 Å². The minimum atomic E-state index is -3.96. The van der Waals surface area contributed by atoms with Gasteiger partial charge in [-0.15, -0.1) is 0 Å². The molecule has 0 saturated carbocycles. The van der Waals surface area contributed by atoms with E-state index < -0.39 is 15.9 Å². The maximum Gasteiger partial charge on any atom is 0.259 e. The summed E-state index contributed by atoms with van der Waals surface area (Å²) in [5.74, 6) is -0.807. The molecule has 0 aromatic heterocycles. The molecule has 2 aromatic rings. The van der Waals surface area contributed by atoms with E-state index >= 15 is 0 Å². The van der Waals surface area contributed by atoms with Crippen molar-refractivity contribution < 1.29 is 18.3 Å². The number of carbonyl (C=O) groups excluding carboxylic acids is 1. The van der Waals surface area contributed by atoms with Gasteiger partial charge in [0.15, 0.2) is 0 Å². The largest absolute Gasteiger partial charge is 0.507 e. The Morgan fingerprint density at radius 2 is 1.86 bits per heavy atom. The monoisotopic (exact) mass is 306 g/mol. The van der Waals surface area contributed by atoms with Gasteiger partial charge in [0, 0.05) is 0 Å². The number of phenols is 1. The second kappa shape index (κ2) is 5.55. The Bertz CT molecular complexity index is 800. The Labute approximate surface area is 122 Å². The molecule has 0 aliphatic rings. The summed E-state index contributed by atoms with van der Waals surface area (Å²) in [6, 6.07) is 10.3. The van der Waals surface area contributed by atoms with E-state index in [-0.39, 0.29) is 21.9 Å². The van der Waals surface area contributed by atoms with Crippen LogP contribution in [0, 0.1) is 6.92 Å². The Hall–Kier alpha value is -2.38. The number of hydrogen-bond acceptors (Lipinski definition) is 4. The summed E-state index contributed by atoms with van der Waals surface area (Å²) in [6.45, 7) is 1.77. The first-order valence-corrected chi connectivity index (χ1v) is 7.56. The van der Waals surface area contributed by atoms with Gasteiger partial charge in [0.25, 0.3) is 5.91 Å². The van der Waals surface area contributed by atoms with Gasteiger partial charge in [0.05, 0.1) is 11.3 Å². The molecule has 0 saturated heterocycles. The number of phenolic OH excluding ortho intramolecular Hbond substituents is 1. The predicted molar refractivity (Wildman–Crippen MR) is 78.6 cm³/mol. The number of rotatable bonds is 3. The molecule has 6 nitrogen and oxygen atoms in total. The van der Waals surface area contributed by atoms with E-state index in [1.165, 1.54) is 30.3 Å². The second-order valence-electron chi connectivity index (χ2n) is 4.52. The highest BCUT2D eigenvalue weighted by molar-refractivity contribution is 7.89. The molecule has 0 aliphatic carbocycles. The molecule has 0 radical (unpaired) electrons. The summed E-state index contributed by atoms with van der Waals surface area (Å²) < 4.78 is 22.9. The minimum Gasteiger partial charge on any atom is -0.507 e. The van der Waals surface area contributed by atoms with Crippen LogP contribution in [0.15, 0.2) is 47.4 Å². The molecule has 0 unspecified atom stereocenters. The fourth-order valence-electron chi connectivity index (χ4n) is 1.84. The van der Waals surface area contributed by atoms with Gasteiger partial charge in [-0.25, -0.2) is 13.6 Å². The SMILES string of the molecule is Cc1ccc(O)c(C(=O)Nc2ccccc2S(N)(=O)=O)c1. The Balaban J connectivity index is 2.39. The number of carbonyl (C=O) groups is 1. The Kier molecular flexibility index (Phi) is 3.97. The van der Waals surface area contributed by atoms with Crippen LogP contribution in [-0.2, 0) is 10.0 Å². The quantitative estimate of drug-likeness (QED) is 0.800.